The molecule has 0 aromatic carbocycles. The van der Waals surface area contributed by atoms with Crippen LogP contribution >= 0.6 is 0 Å². The number of likely N-dealkylation sites (tertiary alicyclic amines) is 1. The third kappa shape index (κ3) is 3.87. The van der Waals surface area contributed by atoms with Crippen molar-refractivity contribution in [3.8, 4) is 0 Å². The van der Waals surface area contributed by atoms with Crippen molar-refractivity contribution >= 4 is 6.03 Å². The molecule has 0 aromatic rings. The van der Waals surface area contributed by atoms with Crippen molar-refractivity contribution in [2.45, 2.75) is 58.4 Å². The largest absolute Gasteiger partial charge is 0.396 e. The van der Waals surface area contributed by atoms with E-state index in [1.165, 1.54) is 19.3 Å². The molecule has 0 bridgehead atoms. The second-order valence-electron chi connectivity index (χ2n) is 6.86. The van der Waals surface area contributed by atoms with Gasteiger partial charge in [0.25, 0.3) is 0 Å². The second-order valence-corrected chi connectivity index (χ2v) is 6.86. The number of aliphatic hydroxyl groups is 1. The van der Waals surface area contributed by atoms with Gasteiger partial charge in [-0.15, -0.1) is 0 Å². The summed E-state index contributed by atoms with van der Waals surface area (Å²) >= 11 is 0. The van der Waals surface area contributed by atoms with Gasteiger partial charge in [0.2, 0.25) is 0 Å². The standard InChI is InChI=1S/C16H30N2O2/c1-12(2)14-5-3-4-6-15(14)17-16(20)18-9-7-13(11-19)8-10-18/h12-15,19H,3-11H2,1-2H3,(H,17,20)/t14-,15-/m1/s1. The summed E-state index contributed by atoms with van der Waals surface area (Å²) in [5.41, 5.74) is 0. The van der Waals surface area contributed by atoms with Crippen molar-refractivity contribution in [1.29, 1.82) is 0 Å². The molecule has 2 aliphatic rings. The Bertz CT molecular complexity index is 312. The van der Waals surface area contributed by atoms with Crippen LogP contribution < -0.4 is 5.32 Å². The van der Waals surface area contributed by atoms with Gasteiger partial charge in [0.1, 0.15) is 0 Å². The lowest BCUT2D eigenvalue weighted by molar-refractivity contribution is 0.128. The fraction of sp³-hybridized carbons (Fsp3) is 0.938. The molecule has 1 heterocycles. The van der Waals surface area contributed by atoms with E-state index in [-0.39, 0.29) is 12.6 Å². The number of hydrogen-bond donors (Lipinski definition) is 2. The van der Waals surface area contributed by atoms with Crippen LogP contribution in [0.15, 0.2) is 0 Å². The fourth-order valence-corrected chi connectivity index (χ4v) is 3.71. The summed E-state index contributed by atoms with van der Waals surface area (Å²) in [6.07, 6.45) is 6.78. The summed E-state index contributed by atoms with van der Waals surface area (Å²) in [6.45, 7) is 6.36. The van der Waals surface area contributed by atoms with E-state index in [9.17, 15) is 4.79 Å². The Hall–Kier alpha value is -0.770. The third-order valence-electron chi connectivity index (χ3n) is 5.14. The quantitative estimate of drug-likeness (QED) is 0.836. The van der Waals surface area contributed by atoms with Crippen LogP contribution in [0.3, 0.4) is 0 Å². The van der Waals surface area contributed by atoms with Gasteiger partial charge in [0.05, 0.1) is 0 Å². The lowest BCUT2D eigenvalue weighted by Crippen LogP contribution is -2.51. The molecule has 2 amide bonds. The molecule has 116 valence electrons. The molecule has 0 radical (unpaired) electrons. The molecule has 20 heavy (non-hydrogen) atoms. The number of rotatable bonds is 3. The Morgan fingerprint density at radius 2 is 1.85 bits per heavy atom. The van der Waals surface area contributed by atoms with Crippen LogP contribution in [0.25, 0.3) is 0 Å². The number of aliphatic hydroxyl groups excluding tert-OH is 1. The molecule has 1 saturated heterocycles. The van der Waals surface area contributed by atoms with E-state index in [0.717, 1.165) is 32.4 Å². The highest BCUT2D eigenvalue weighted by Gasteiger charge is 2.30. The lowest BCUT2D eigenvalue weighted by atomic mass is 9.78. The first-order chi connectivity index (χ1) is 9.61. The van der Waals surface area contributed by atoms with Crippen molar-refractivity contribution in [2.24, 2.45) is 17.8 Å². The molecule has 2 fully saturated rings. The summed E-state index contributed by atoms with van der Waals surface area (Å²) in [7, 11) is 0. The van der Waals surface area contributed by atoms with E-state index in [2.05, 4.69) is 19.2 Å². The average Bonchev–Trinajstić information content (AvgIpc) is 2.47. The maximum Gasteiger partial charge on any atom is 0.317 e. The summed E-state index contributed by atoms with van der Waals surface area (Å²) in [5, 5.41) is 12.4. The molecule has 1 saturated carbocycles. The molecule has 1 aliphatic carbocycles. The number of carbonyl (C=O) groups excluding carboxylic acids is 1. The predicted octanol–water partition coefficient (Wildman–Crippen LogP) is 2.62. The summed E-state index contributed by atoms with van der Waals surface area (Å²) in [4.78, 5) is 14.3. The number of urea groups is 1. The zero-order chi connectivity index (χ0) is 14.5. The fourth-order valence-electron chi connectivity index (χ4n) is 3.71. The number of carbonyl (C=O) groups is 1. The molecule has 2 atom stereocenters. The Labute approximate surface area is 122 Å². The third-order valence-corrected chi connectivity index (χ3v) is 5.14. The zero-order valence-electron chi connectivity index (χ0n) is 13.0. The van der Waals surface area contributed by atoms with Gasteiger partial charge >= 0.3 is 6.03 Å². The molecule has 0 spiro atoms. The van der Waals surface area contributed by atoms with Gasteiger partial charge in [-0.05, 0) is 43.4 Å². The highest BCUT2D eigenvalue weighted by molar-refractivity contribution is 5.74. The van der Waals surface area contributed by atoms with E-state index in [1.807, 2.05) is 4.90 Å². The van der Waals surface area contributed by atoms with E-state index in [1.54, 1.807) is 0 Å². The minimum Gasteiger partial charge on any atom is -0.396 e. The molecule has 0 aromatic heterocycles. The molecular weight excluding hydrogens is 252 g/mol. The van der Waals surface area contributed by atoms with E-state index in [0.29, 0.717) is 23.8 Å². The maximum absolute atomic E-state index is 12.4. The van der Waals surface area contributed by atoms with Gasteiger partial charge < -0.3 is 15.3 Å². The lowest BCUT2D eigenvalue weighted by Gasteiger charge is -2.37. The van der Waals surface area contributed by atoms with Crippen molar-refractivity contribution in [1.82, 2.24) is 10.2 Å². The Morgan fingerprint density at radius 1 is 1.20 bits per heavy atom. The van der Waals surface area contributed by atoms with Crippen LogP contribution in [0, 0.1) is 17.8 Å². The highest BCUT2D eigenvalue weighted by atomic mass is 16.3. The number of nitrogens with zero attached hydrogens (tertiary/aromatic N) is 1. The Morgan fingerprint density at radius 3 is 2.45 bits per heavy atom. The number of piperidine rings is 1. The van der Waals surface area contributed by atoms with Gasteiger partial charge in [-0.2, -0.15) is 0 Å². The van der Waals surface area contributed by atoms with Crippen molar-refractivity contribution < 1.29 is 9.90 Å². The maximum atomic E-state index is 12.4. The number of amides is 2. The first kappa shape index (κ1) is 15.6. The van der Waals surface area contributed by atoms with Crippen LogP contribution in [-0.4, -0.2) is 41.8 Å². The molecular formula is C16H30N2O2. The average molecular weight is 282 g/mol. The molecule has 4 nitrogen and oxygen atoms in total. The number of nitrogens with one attached hydrogen (secondary N) is 1. The minimum absolute atomic E-state index is 0.110. The van der Waals surface area contributed by atoms with Crippen molar-refractivity contribution in [3.05, 3.63) is 0 Å². The van der Waals surface area contributed by atoms with Gasteiger partial charge in [-0.1, -0.05) is 26.7 Å². The number of hydrogen-bond acceptors (Lipinski definition) is 2. The Balaban J connectivity index is 1.84. The van der Waals surface area contributed by atoms with Crippen LogP contribution in [0.1, 0.15) is 52.4 Å². The molecule has 0 unspecified atom stereocenters. The molecule has 2 N–H and O–H groups in total. The van der Waals surface area contributed by atoms with Gasteiger partial charge in [0.15, 0.2) is 0 Å². The zero-order valence-corrected chi connectivity index (χ0v) is 13.0. The van der Waals surface area contributed by atoms with E-state index < -0.39 is 0 Å². The minimum atomic E-state index is 0.110. The first-order valence-corrected chi connectivity index (χ1v) is 8.28. The molecule has 2 rings (SSSR count). The van der Waals surface area contributed by atoms with Gasteiger partial charge in [-0.25, -0.2) is 4.79 Å². The van der Waals surface area contributed by atoms with E-state index in [4.69, 9.17) is 5.11 Å². The van der Waals surface area contributed by atoms with Crippen molar-refractivity contribution in [2.75, 3.05) is 19.7 Å². The van der Waals surface area contributed by atoms with Crippen LogP contribution in [0.5, 0.6) is 0 Å². The SMILES string of the molecule is CC(C)[C@H]1CCCC[C@H]1NC(=O)N1CCC(CO)CC1. The van der Waals surface area contributed by atoms with Crippen LogP contribution in [-0.2, 0) is 0 Å². The predicted molar refractivity (Wildman–Crippen MR) is 80.5 cm³/mol. The van der Waals surface area contributed by atoms with Crippen molar-refractivity contribution in [3.63, 3.8) is 0 Å². The summed E-state index contributed by atoms with van der Waals surface area (Å²) in [5.74, 6) is 1.65. The summed E-state index contributed by atoms with van der Waals surface area (Å²) < 4.78 is 0. The summed E-state index contributed by atoms with van der Waals surface area (Å²) in [6, 6.07) is 0.464. The van der Waals surface area contributed by atoms with E-state index >= 15 is 0 Å². The monoisotopic (exact) mass is 282 g/mol. The van der Waals surface area contributed by atoms with Gasteiger partial charge in [-0.3, -0.25) is 0 Å². The second kappa shape index (κ2) is 7.30. The molecule has 4 heteroatoms. The van der Waals surface area contributed by atoms with Gasteiger partial charge in [0, 0.05) is 25.7 Å². The topological polar surface area (TPSA) is 52.6 Å². The highest BCUT2D eigenvalue weighted by Crippen LogP contribution is 2.30. The van der Waals surface area contributed by atoms with Crippen LogP contribution in [0.2, 0.25) is 0 Å². The molecule has 1 aliphatic heterocycles. The van der Waals surface area contributed by atoms with Crippen LogP contribution in [0.4, 0.5) is 4.79 Å². The smallest absolute Gasteiger partial charge is 0.317 e. The Kier molecular flexibility index (Phi) is 5.70. The first-order valence-electron chi connectivity index (χ1n) is 8.28. The normalized spacial score (nSPS) is 28.7.